The Morgan fingerprint density at radius 2 is 1.68 bits per heavy atom. The number of unbranched alkanes of at least 4 members (excludes halogenated alkanes) is 6. The Morgan fingerprint density at radius 1 is 1.00 bits per heavy atom. The zero-order chi connectivity index (χ0) is 46.8. The molecule has 6 N–H and O–H groups in total. The van der Waals surface area contributed by atoms with Gasteiger partial charge < -0.3 is 69.0 Å². The maximum Gasteiger partial charge on any atom is 0.274 e. The van der Waals surface area contributed by atoms with E-state index in [1.165, 1.54) is 46.0 Å². The van der Waals surface area contributed by atoms with Gasteiger partial charge in [0, 0.05) is 37.1 Å². The lowest BCUT2D eigenvalue weighted by molar-refractivity contribution is -0.347. The molecule has 3 rings (SSSR count). The van der Waals surface area contributed by atoms with E-state index in [0.717, 1.165) is 41.8 Å². The highest BCUT2D eigenvalue weighted by molar-refractivity contribution is 8.13. The fourth-order valence-electron chi connectivity index (χ4n) is 5.79. The number of amides is 2. The molecule has 0 saturated carbocycles. The minimum Gasteiger partial charge on any atom is -0.790 e. The highest BCUT2D eigenvalue weighted by Crippen LogP contribution is 2.56. The first kappa shape index (κ1) is 54.4. The van der Waals surface area contributed by atoms with Crippen LogP contribution in [0.1, 0.15) is 84.8 Å². The molecule has 2 aromatic heterocycles. The summed E-state index contributed by atoms with van der Waals surface area (Å²) >= 11 is 1.06. The standard InChI is InChI=1S/C35H58N7O17P3S/c1-4-5-6-7-8-9-10-11-12-13-14-15-26(44)63-19-18-37-25(43)16-17-38-33(47)30(46)35(2,3)21-56-62(53,54)59-61(51,52)55-20-24-29(58-60(48,49)50)28(45)34(57-24)42-23-41-27-31(36)39-22-40-32(27)42/h11-14,22-24,28-30,34,45-46H,4-10,15-21H2,1-3H3,(H,37,43)(H,38,47)(H,51,52)(H,53,54)(H2,36,39,40)(H2,48,49,50)/p-4/b12-11-,14-13+/t24-,28-,29-,30+,34-/m1/s1. The van der Waals surface area contributed by atoms with Crippen molar-refractivity contribution in [3.8, 4) is 0 Å². The Hall–Kier alpha value is -2.96. The van der Waals surface area contributed by atoms with Crippen molar-refractivity contribution in [2.45, 2.75) is 109 Å². The van der Waals surface area contributed by atoms with Crippen LogP contribution in [-0.2, 0) is 50.7 Å². The first-order valence-corrected chi connectivity index (χ1v) is 25.2. The van der Waals surface area contributed by atoms with E-state index in [2.05, 4.69) is 56.5 Å². The third-order valence-corrected chi connectivity index (χ3v) is 13.0. The van der Waals surface area contributed by atoms with Gasteiger partial charge in [-0.3, -0.25) is 28.1 Å². The molecule has 28 heteroatoms. The van der Waals surface area contributed by atoms with E-state index in [1.807, 2.05) is 12.2 Å². The number of aromatic nitrogens is 4. The number of thioether (sulfide) groups is 1. The molecule has 1 aliphatic rings. The number of allylic oxidation sites excluding steroid dienone is 4. The van der Waals surface area contributed by atoms with Crippen LogP contribution in [0.15, 0.2) is 37.0 Å². The molecule has 24 nitrogen and oxygen atoms in total. The summed E-state index contributed by atoms with van der Waals surface area (Å²) in [5.41, 5.74) is 4.08. The van der Waals surface area contributed by atoms with Gasteiger partial charge in [-0.1, -0.05) is 88.9 Å². The number of nitrogens with zero attached hydrogens (tertiary/aromatic N) is 4. The van der Waals surface area contributed by atoms with Crippen molar-refractivity contribution in [2.24, 2.45) is 5.41 Å². The van der Waals surface area contributed by atoms with Crippen molar-refractivity contribution in [1.82, 2.24) is 30.2 Å². The van der Waals surface area contributed by atoms with Gasteiger partial charge in [0.1, 0.15) is 36.3 Å². The number of aliphatic hydroxyl groups excluding tert-OH is 2. The largest absolute Gasteiger partial charge is 0.790 e. The molecule has 2 amide bonds. The highest BCUT2D eigenvalue weighted by atomic mass is 32.2. The van der Waals surface area contributed by atoms with Crippen LogP contribution in [0.25, 0.3) is 11.2 Å². The fraction of sp³-hybridized carbons (Fsp3) is 0.657. The van der Waals surface area contributed by atoms with Crippen molar-refractivity contribution >= 4 is 69.1 Å². The van der Waals surface area contributed by atoms with Gasteiger partial charge >= 0.3 is 0 Å². The Morgan fingerprint density at radius 3 is 2.40 bits per heavy atom. The Bertz CT molecular complexity index is 2020. The molecule has 1 saturated heterocycles. The number of hydrogen-bond donors (Lipinski definition) is 5. The Balaban J connectivity index is 1.38. The third-order valence-electron chi connectivity index (χ3n) is 9.13. The number of imidazole rings is 1. The molecule has 3 heterocycles. The Kier molecular flexibility index (Phi) is 22.1. The summed E-state index contributed by atoms with van der Waals surface area (Å²) in [5.74, 6) is -1.22. The maximum absolute atomic E-state index is 12.6. The van der Waals surface area contributed by atoms with E-state index in [9.17, 15) is 57.9 Å². The van der Waals surface area contributed by atoms with E-state index < -0.39 is 84.6 Å². The highest BCUT2D eigenvalue weighted by Gasteiger charge is 2.47. The van der Waals surface area contributed by atoms with Gasteiger partial charge in [-0.15, -0.1) is 0 Å². The van der Waals surface area contributed by atoms with E-state index in [-0.39, 0.29) is 48.0 Å². The van der Waals surface area contributed by atoms with Gasteiger partial charge in [-0.2, -0.15) is 0 Å². The number of nitrogens with two attached hydrogens (primary N) is 1. The number of fused-ring (bicyclic) bond motifs is 1. The maximum atomic E-state index is 12.6. The summed E-state index contributed by atoms with van der Waals surface area (Å²) in [4.78, 5) is 96.5. The monoisotopic (exact) mass is 969 g/mol. The van der Waals surface area contributed by atoms with Gasteiger partial charge in [-0.25, -0.2) is 19.3 Å². The average Bonchev–Trinajstić information content (AvgIpc) is 3.76. The number of hydrogen-bond acceptors (Lipinski definition) is 22. The molecule has 2 aromatic rings. The van der Waals surface area contributed by atoms with Crippen molar-refractivity contribution in [3.63, 3.8) is 0 Å². The number of nitrogens with one attached hydrogen (secondary N) is 2. The number of aliphatic hydroxyl groups is 2. The number of phosphoric acid groups is 3. The summed E-state index contributed by atoms with van der Waals surface area (Å²) < 4.78 is 60.7. The normalized spacial score (nSPS) is 20.8. The molecule has 0 radical (unpaired) electrons. The lowest BCUT2D eigenvalue weighted by Crippen LogP contribution is -2.46. The van der Waals surface area contributed by atoms with Crippen LogP contribution in [0.3, 0.4) is 0 Å². The van der Waals surface area contributed by atoms with Crippen molar-refractivity contribution in [2.75, 3.05) is 37.8 Å². The number of carbonyl (C=O) groups excluding carboxylic acids is 3. The van der Waals surface area contributed by atoms with Crippen LogP contribution in [0, 0.1) is 5.41 Å². The predicted molar refractivity (Wildman–Crippen MR) is 219 cm³/mol. The number of ether oxygens (including phenoxy) is 1. The summed E-state index contributed by atoms with van der Waals surface area (Å²) in [6, 6.07) is 0. The molecular weight excluding hydrogens is 915 g/mol. The first-order valence-electron chi connectivity index (χ1n) is 19.8. The second kappa shape index (κ2) is 25.7. The second-order valence-electron chi connectivity index (χ2n) is 14.8. The van der Waals surface area contributed by atoms with Crippen molar-refractivity contribution in [3.05, 3.63) is 37.0 Å². The molecule has 1 fully saturated rings. The molecule has 1 aliphatic heterocycles. The van der Waals surface area contributed by atoms with Crippen LogP contribution in [0.4, 0.5) is 5.82 Å². The van der Waals surface area contributed by atoms with Gasteiger partial charge in [0.2, 0.25) is 11.8 Å². The molecule has 356 valence electrons. The molecule has 0 spiro atoms. The predicted octanol–water partition coefficient (Wildman–Crippen LogP) is 0.390. The number of phosphoric ester groups is 3. The minimum atomic E-state index is -5.92. The molecular formula is C35H54N7O17P3S-4. The summed E-state index contributed by atoms with van der Waals surface area (Å²) in [5, 5.41) is 26.3. The first-order chi connectivity index (χ1) is 29.6. The van der Waals surface area contributed by atoms with Gasteiger partial charge in [0.25, 0.3) is 15.6 Å². The molecule has 7 atom stereocenters. The van der Waals surface area contributed by atoms with Crippen molar-refractivity contribution in [1.29, 1.82) is 0 Å². The number of nitrogen functional groups attached to an aromatic ring is 1. The minimum absolute atomic E-state index is 0.0210. The van der Waals surface area contributed by atoms with Gasteiger partial charge in [-0.05, 0) is 12.8 Å². The van der Waals surface area contributed by atoms with Crippen molar-refractivity contribution < 1.29 is 80.5 Å². The molecule has 2 unspecified atom stereocenters. The average molecular weight is 970 g/mol. The zero-order valence-corrected chi connectivity index (χ0v) is 38.4. The van der Waals surface area contributed by atoms with Crippen LogP contribution < -0.4 is 35.9 Å². The van der Waals surface area contributed by atoms with Crippen LogP contribution in [0.2, 0.25) is 0 Å². The fourth-order valence-corrected chi connectivity index (χ4v) is 9.17. The van der Waals surface area contributed by atoms with Gasteiger partial charge in [0.15, 0.2) is 22.8 Å². The summed E-state index contributed by atoms with van der Waals surface area (Å²) in [6.07, 6.45) is 8.63. The molecule has 63 heavy (non-hydrogen) atoms. The van der Waals surface area contributed by atoms with Crippen LogP contribution in [-0.4, -0.2) is 103 Å². The molecule has 0 bridgehead atoms. The van der Waals surface area contributed by atoms with E-state index >= 15 is 0 Å². The lowest BCUT2D eigenvalue weighted by atomic mass is 9.87. The SMILES string of the molecule is CCCCCCCC/C=C\C=C\CC(=O)SCCNC(=O)CCNC(=O)[C@H](O)C(C)(C)COP(=O)([O-])OP(=O)([O-])OC[C@H]1O[C@@H](n2cnc3c(N)ncnc32)[C@H](O)[C@@H]1OP(=O)([O-])[O-]. The number of anilines is 1. The van der Waals surface area contributed by atoms with E-state index in [4.69, 9.17) is 10.5 Å². The number of carbonyl (C=O) groups is 3. The third kappa shape index (κ3) is 19.2. The zero-order valence-electron chi connectivity index (χ0n) is 34.9. The van der Waals surface area contributed by atoms with Gasteiger partial charge in [0.05, 0.1) is 27.4 Å². The quantitative estimate of drug-likeness (QED) is 0.0418. The van der Waals surface area contributed by atoms with Crippen LogP contribution >= 0.6 is 35.2 Å². The Labute approximate surface area is 368 Å². The summed E-state index contributed by atoms with van der Waals surface area (Å²) in [7, 11) is -17.6. The summed E-state index contributed by atoms with van der Waals surface area (Å²) in [6.45, 7) is 2.29. The lowest BCUT2D eigenvalue weighted by Gasteiger charge is -2.36. The second-order valence-corrected chi connectivity index (χ2v) is 20.0. The number of rotatable bonds is 29. The van der Waals surface area contributed by atoms with E-state index in [0.29, 0.717) is 5.75 Å². The topological polar surface area (TPSA) is 375 Å². The van der Waals surface area contributed by atoms with Crippen LogP contribution in [0.5, 0.6) is 0 Å². The van der Waals surface area contributed by atoms with E-state index in [1.54, 1.807) is 6.08 Å². The molecule has 0 aliphatic carbocycles. The molecule has 0 aromatic carbocycles. The smallest absolute Gasteiger partial charge is 0.274 e.